The van der Waals surface area contributed by atoms with Gasteiger partial charge in [0.25, 0.3) is 0 Å². The van der Waals surface area contributed by atoms with E-state index in [9.17, 15) is 4.79 Å². The van der Waals surface area contributed by atoms with Crippen molar-refractivity contribution in [2.75, 3.05) is 26.9 Å². The van der Waals surface area contributed by atoms with Gasteiger partial charge in [0.15, 0.2) is 11.5 Å². The SMILES string of the molecule is COc1cc(C2CC(C(=O)O)CN2)ccc1OC1CCOC1. The van der Waals surface area contributed by atoms with Crippen LogP contribution in [0.3, 0.4) is 0 Å². The van der Waals surface area contributed by atoms with E-state index in [1.54, 1.807) is 7.11 Å². The maximum atomic E-state index is 11.1. The zero-order valence-electron chi connectivity index (χ0n) is 12.6. The molecule has 2 heterocycles. The molecular weight excluding hydrogens is 286 g/mol. The number of aliphatic carboxylic acids is 1. The number of carboxylic acid groups (broad SMARTS) is 1. The van der Waals surface area contributed by atoms with Crippen LogP contribution in [0.15, 0.2) is 18.2 Å². The molecule has 2 aliphatic rings. The Morgan fingerprint density at radius 3 is 2.91 bits per heavy atom. The third-order valence-electron chi connectivity index (χ3n) is 4.25. The third kappa shape index (κ3) is 3.18. The first-order chi connectivity index (χ1) is 10.7. The quantitative estimate of drug-likeness (QED) is 0.860. The van der Waals surface area contributed by atoms with Gasteiger partial charge < -0.3 is 24.6 Å². The molecule has 0 bridgehead atoms. The minimum Gasteiger partial charge on any atom is -0.493 e. The molecule has 1 aromatic carbocycles. The van der Waals surface area contributed by atoms with Crippen LogP contribution < -0.4 is 14.8 Å². The largest absolute Gasteiger partial charge is 0.493 e. The lowest BCUT2D eigenvalue weighted by Gasteiger charge is -2.17. The van der Waals surface area contributed by atoms with Crippen LogP contribution in [0.25, 0.3) is 0 Å². The van der Waals surface area contributed by atoms with E-state index >= 15 is 0 Å². The molecule has 2 fully saturated rings. The zero-order valence-corrected chi connectivity index (χ0v) is 12.6. The van der Waals surface area contributed by atoms with Crippen LogP contribution in [0.4, 0.5) is 0 Å². The van der Waals surface area contributed by atoms with Gasteiger partial charge in [0.05, 0.1) is 26.2 Å². The molecule has 0 radical (unpaired) electrons. The van der Waals surface area contributed by atoms with Crippen LogP contribution in [0.2, 0.25) is 0 Å². The van der Waals surface area contributed by atoms with Crippen molar-refractivity contribution >= 4 is 5.97 Å². The summed E-state index contributed by atoms with van der Waals surface area (Å²) < 4.78 is 16.6. The number of hydrogen-bond acceptors (Lipinski definition) is 5. The number of nitrogens with one attached hydrogen (secondary N) is 1. The molecule has 3 unspecified atom stereocenters. The normalized spacial score (nSPS) is 27.8. The molecule has 0 aromatic heterocycles. The van der Waals surface area contributed by atoms with Gasteiger partial charge in [-0.1, -0.05) is 6.07 Å². The predicted octanol–water partition coefficient (Wildman–Crippen LogP) is 1.60. The summed E-state index contributed by atoms with van der Waals surface area (Å²) in [6.45, 7) is 1.84. The van der Waals surface area contributed by atoms with Crippen molar-refractivity contribution in [2.45, 2.75) is 25.0 Å². The lowest BCUT2D eigenvalue weighted by atomic mass is 10.00. The lowest BCUT2D eigenvalue weighted by Crippen LogP contribution is -2.17. The summed E-state index contributed by atoms with van der Waals surface area (Å²) in [5, 5.41) is 12.3. The number of ether oxygens (including phenoxy) is 3. The highest BCUT2D eigenvalue weighted by molar-refractivity contribution is 5.70. The Balaban J connectivity index is 1.72. The highest BCUT2D eigenvalue weighted by Gasteiger charge is 2.30. The number of benzene rings is 1. The summed E-state index contributed by atoms with van der Waals surface area (Å²) in [4.78, 5) is 11.1. The number of methoxy groups -OCH3 is 1. The van der Waals surface area contributed by atoms with Crippen molar-refractivity contribution in [3.63, 3.8) is 0 Å². The summed E-state index contributed by atoms with van der Waals surface area (Å²) in [6.07, 6.45) is 1.55. The van der Waals surface area contributed by atoms with Gasteiger partial charge in [-0.25, -0.2) is 0 Å². The molecular formula is C16H21NO5. The first-order valence-electron chi connectivity index (χ1n) is 7.56. The summed E-state index contributed by atoms with van der Waals surface area (Å²) in [6, 6.07) is 5.82. The lowest BCUT2D eigenvalue weighted by molar-refractivity contribution is -0.141. The molecule has 0 saturated carbocycles. The fourth-order valence-corrected chi connectivity index (χ4v) is 2.96. The monoisotopic (exact) mass is 307 g/mol. The van der Waals surface area contributed by atoms with Gasteiger partial charge in [0.2, 0.25) is 0 Å². The van der Waals surface area contributed by atoms with E-state index in [4.69, 9.17) is 19.3 Å². The Hall–Kier alpha value is -1.79. The minimum atomic E-state index is -0.747. The van der Waals surface area contributed by atoms with Crippen LogP contribution in [0, 0.1) is 5.92 Å². The zero-order chi connectivity index (χ0) is 15.5. The molecule has 2 saturated heterocycles. The molecule has 6 heteroatoms. The maximum absolute atomic E-state index is 11.1. The second-order valence-corrected chi connectivity index (χ2v) is 5.75. The summed E-state index contributed by atoms with van der Waals surface area (Å²) in [7, 11) is 1.61. The van der Waals surface area contributed by atoms with Gasteiger partial charge in [0, 0.05) is 19.0 Å². The summed E-state index contributed by atoms with van der Waals surface area (Å²) in [5.41, 5.74) is 1.02. The molecule has 22 heavy (non-hydrogen) atoms. The van der Waals surface area contributed by atoms with Gasteiger partial charge in [-0.2, -0.15) is 0 Å². The van der Waals surface area contributed by atoms with Crippen LogP contribution >= 0.6 is 0 Å². The van der Waals surface area contributed by atoms with Gasteiger partial charge in [-0.15, -0.1) is 0 Å². The Morgan fingerprint density at radius 2 is 2.27 bits per heavy atom. The fourth-order valence-electron chi connectivity index (χ4n) is 2.96. The van der Waals surface area contributed by atoms with E-state index in [2.05, 4.69) is 5.32 Å². The van der Waals surface area contributed by atoms with Crippen molar-refractivity contribution < 1.29 is 24.1 Å². The number of carboxylic acids is 1. The molecule has 0 spiro atoms. The Bertz CT molecular complexity index is 541. The molecule has 3 rings (SSSR count). The molecule has 6 nitrogen and oxygen atoms in total. The van der Waals surface area contributed by atoms with Crippen molar-refractivity contribution in [1.29, 1.82) is 0 Å². The van der Waals surface area contributed by atoms with Crippen molar-refractivity contribution in [1.82, 2.24) is 5.32 Å². The van der Waals surface area contributed by atoms with E-state index in [1.807, 2.05) is 18.2 Å². The summed E-state index contributed by atoms with van der Waals surface area (Å²) in [5.74, 6) is 0.296. The molecule has 120 valence electrons. The van der Waals surface area contributed by atoms with E-state index in [0.29, 0.717) is 31.1 Å². The number of carbonyl (C=O) groups is 1. The first kappa shape index (κ1) is 15.1. The van der Waals surface area contributed by atoms with E-state index in [0.717, 1.165) is 18.6 Å². The fraction of sp³-hybridized carbons (Fsp3) is 0.562. The molecule has 0 aliphatic carbocycles. The van der Waals surface area contributed by atoms with Gasteiger partial charge in [-0.05, 0) is 24.1 Å². The second-order valence-electron chi connectivity index (χ2n) is 5.75. The smallest absolute Gasteiger partial charge is 0.307 e. The van der Waals surface area contributed by atoms with E-state index in [1.165, 1.54) is 0 Å². The van der Waals surface area contributed by atoms with Crippen LogP contribution in [-0.2, 0) is 9.53 Å². The van der Waals surface area contributed by atoms with Crippen LogP contribution in [0.1, 0.15) is 24.4 Å². The molecule has 2 aliphatic heterocycles. The predicted molar refractivity (Wildman–Crippen MR) is 79.3 cm³/mol. The Labute approximate surface area is 129 Å². The van der Waals surface area contributed by atoms with Gasteiger partial charge in [-0.3, -0.25) is 4.79 Å². The van der Waals surface area contributed by atoms with Crippen LogP contribution in [-0.4, -0.2) is 44.0 Å². The highest BCUT2D eigenvalue weighted by Crippen LogP contribution is 2.35. The van der Waals surface area contributed by atoms with Crippen molar-refractivity contribution in [2.24, 2.45) is 5.92 Å². The number of hydrogen-bond donors (Lipinski definition) is 2. The average molecular weight is 307 g/mol. The van der Waals surface area contributed by atoms with Crippen molar-refractivity contribution in [3.05, 3.63) is 23.8 Å². The van der Waals surface area contributed by atoms with Crippen molar-refractivity contribution in [3.8, 4) is 11.5 Å². The minimum absolute atomic E-state index is 0.0406. The highest BCUT2D eigenvalue weighted by atomic mass is 16.6. The second kappa shape index (κ2) is 6.54. The molecule has 0 amide bonds. The van der Waals surface area contributed by atoms with Gasteiger partial charge in [0.1, 0.15) is 6.10 Å². The molecule has 3 atom stereocenters. The van der Waals surface area contributed by atoms with E-state index in [-0.39, 0.29) is 18.1 Å². The maximum Gasteiger partial charge on any atom is 0.307 e. The summed E-state index contributed by atoms with van der Waals surface area (Å²) >= 11 is 0. The van der Waals surface area contributed by atoms with Gasteiger partial charge >= 0.3 is 5.97 Å². The molecule has 2 N–H and O–H groups in total. The third-order valence-corrected chi connectivity index (χ3v) is 4.25. The Kier molecular flexibility index (Phi) is 4.49. The van der Waals surface area contributed by atoms with E-state index < -0.39 is 5.97 Å². The Morgan fingerprint density at radius 1 is 1.41 bits per heavy atom. The standard InChI is InChI=1S/C16H21NO5/c1-20-15-7-10(13-6-11(8-17-13)16(18)19)2-3-14(15)22-12-4-5-21-9-12/h2-3,7,11-13,17H,4-6,8-9H2,1H3,(H,18,19). The molecule has 1 aromatic rings. The number of rotatable bonds is 5. The topological polar surface area (TPSA) is 77.0 Å². The first-order valence-corrected chi connectivity index (χ1v) is 7.56. The average Bonchev–Trinajstić information content (AvgIpc) is 3.18. The van der Waals surface area contributed by atoms with Crippen LogP contribution in [0.5, 0.6) is 11.5 Å².